The molecular weight excluding hydrogens is 594 g/mol. The number of sulfonamides is 1. The van der Waals surface area contributed by atoms with E-state index >= 15 is 0 Å². The summed E-state index contributed by atoms with van der Waals surface area (Å²) in [6.07, 6.45) is 0.278. The Morgan fingerprint density at radius 1 is 0.977 bits per heavy atom. The number of carbonyl (C=O) groups is 3. The summed E-state index contributed by atoms with van der Waals surface area (Å²) in [5, 5.41) is 3.49. The molecule has 1 aromatic heterocycles. The Morgan fingerprint density at radius 3 is 2.28 bits per heavy atom. The summed E-state index contributed by atoms with van der Waals surface area (Å²) in [4.78, 5) is 45.8. The van der Waals surface area contributed by atoms with Crippen molar-refractivity contribution >= 4 is 44.3 Å². The summed E-state index contributed by atoms with van der Waals surface area (Å²) >= 11 is 1.44. The van der Waals surface area contributed by atoms with Crippen molar-refractivity contribution in [3.05, 3.63) is 45.8 Å². The molecule has 0 bridgehead atoms. The van der Waals surface area contributed by atoms with E-state index in [1.54, 1.807) is 11.8 Å². The second-order valence-corrected chi connectivity index (χ2v) is 14.0. The van der Waals surface area contributed by atoms with Gasteiger partial charge in [-0.2, -0.15) is 4.31 Å². The highest BCUT2D eigenvalue weighted by Crippen LogP contribution is 2.39. The van der Waals surface area contributed by atoms with Crippen LogP contribution in [0.3, 0.4) is 0 Å². The number of thiophene rings is 1. The molecule has 0 aliphatic carbocycles. The lowest BCUT2D eigenvalue weighted by atomic mass is 10.0. The van der Waals surface area contributed by atoms with E-state index in [-0.39, 0.29) is 49.2 Å². The van der Waals surface area contributed by atoms with E-state index in [0.29, 0.717) is 42.9 Å². The van der Waals surface area contributed by atoms with Crippen LogP contribution in [-0.2, 0) is 32.5 Å². The first-order valence-electron chi connectivity index (χ1n) is 14.7. The summed E-state index contributed by atoms with van der Waals surface area (Å²) in [7, 11) is -3.81. The molecule has 5 rings (SSSR count). The Bertz CT molecular complexity index is 1440. The number of carbonyl (C=O) groups excluding carboxylic acids is 3. The third-order valence-electron chi connectivity index (χ3n) is 8.07. The fourth-order valence-electron chi connectivity index (χ4n) is 5.53. The molecule has 3 amide bonds. The minimum atomic E-state index is -3.81. The van der Waals surface area contributed by atoms with Crippen molar-refractivity contribution < 1.29 is 32.3 Å². The quantitative estimate of drug-likeness (QED) is 0.493. The van der Waals surface area contributed by atoms with Crippen LogP contribution < -0.4 is 5.32 Å². The lowest BCUT2D eigenvalue weighted by molar-refractivity contribution is 0.0302. The number of benzene rings is 1. The lowest BCUT2D eigenvalue weighted by Crippen LogP contribution is -2.50. The van der Waals surface area contributed by atoms with Crippen LogP contribution in [0.5, 0.6) is 0 Å². The van der Waals surface area contributed by atoms with Gasteiger partial charge in [-0.25, -0.2) is 13.2 Å². The predicted molar refractivity (Wildman–Crippen MR) is 162 cm³/mol. The number of rotatable bonds is 7. The molecule has 234 valence electrons. The Kier molecular flexibility index (Phi) is 9.71. The molecule has 2 aromatic rings. The van der Waals surface area contributed by atoms with Gasteiger partial charge >= 0.3 is 6.09 Å². The molecule has 12 nitrogen and oxygen atoms in total. The Hall–Kier alpha value is -3.04. The van der Waals surface area contributed by atoms with Crippen LogP contribution in [0.1, 0.15) is 51.9 Å². The molecule has 0 radical (unpaired) electrons. The summed E-state index contributed by atoms with van der Waals surface area (Å²) in [5.41, 5.74) is 1.84. The maximum absolute atomic E-state index is 13.7. The van der Waals surface area contributed by atoms with E-state index in [4.69, 9.17) is 9.47 Å². The van der Waals surface area contributed by atoms with Gasteiger partial charge in [0.2, 0.25) is 10.0 Å². The summed E-state index contributed by atoms with van der Waals surface area (Å²) in [5.74, 6) is -0.513. The zero-order valence-corrected chi connectivity index (χ0v) is 26.5. The number of piperazine rings is 1. The van der Waals surface area contributed by atoms with Crippen molar-refractivity contribution in [1.82, 2.24) is 19.0 Å². The largest absolute Gasteiger partial charge is 0.450 e. The van der Waals surface area contributed by atoms with E-state index < -0.39 is 22.0 Å². The average Bonchev–Trinajstić information content (AvgIpc) is 3.38. The van der Waals surface area contributed by atoms with E-state index in [9.17, 15) is 22.8 Å². The van der Waals surface area contributed by atoms with Gasteiger partial charge in [0.05, 0.1) is 30.3 Å². The first-order chi connectivity index (χ1) is 20.6. The number of morpholine rings is 1. The highest BCUT2D eigenvalue weighted by atomic mass is 32.2. The number of hydrogen-bond donors (Lipinski definition) is 1. The monoisotopic (exact) mass is 633 g/mol. The second kappa shape index (κ2) is 13.3. The molecule has 0 saturated carbocycles. The zero-order chi connectivity index (χ0) is 30.7. The first-order valence-corrected chi connectivity index (χ1v) is 16.9. The molecule has 0 atom stereocenters. The summed E-state index contributed by atoms with van der Waals surface area (Å²) in [6.45, 7) is 10.6. The maximum atomic E-state index is 13.7. The Balaban J connectivity index is 1.32. The van der Waals surface area contributed by atoms with Crippen LogP contribution in [0.15, 0.2) is 29.2 Å². The number of anilines is 1. The molecular formula is C29H39N5O7S2. The van der Waals surface area contributed by atoms with Gasteiger partial charge < -0.3 is 24.6 Å². The molecule has 0 unspecified atom stereocenters. The number of fused-ring (bicyclic) bond motifs is 1. The number of hydrogen-bond acceptors (Lipinski definition) is 9. The van der Waals surface area contributed by atoms with Gasteiger partial charge in [0, 0.05) is 68.8 Å². The van der Waals surface area contributed by atoms with Crippen LogP contribution in [0.2, 0.25) is 0 Å². The molecule has 14 heteroatoms. The molecule has 1 aromatic carbocycles. The molecule has 43 heavy (non-hydrogen) atoms. The summed E-state index contributed by atoms with van der Waals surface area (Å²) < 4.78 is 38.3. The molecule has 2 saturated heterocycles. The highest BCUT2D eigenvalue weighted by molar-refractivity contribution is 7.89. The third kappa shape index (κ3) is 6.73. The third-order valence-corrected chi connectivity index (χ3v) is 11.1. The number of amides is 3. The minimum Gasteiger partial charge on any atom is -0.450 e. The van der Waals surface area contributed by atoms with Crippen LogP contribution in [0.4, 0.5) is 9.80 Å². The standard InChI is InChI=1S/C29H39N5O7S2/c1-4-41-29(37)32-11-13-34(14-12-32)43(38,39)22-7-5-21(6-8-22)26(35)30-27-25(28(36)31-15-17-40-18-16-31)23-9-10-33(20(2)3)19-24(23)42-27/h5-8,20H,4,9-19H2,1-3H3,(H,30,35). The van der Waals surface area contributed by atoms with Crippen molar-refractivity contribution in [1.29, 1.82) is 0 Å². The van der Waals surface area contributed by atoms with Gasteiger partial charge in [0.25, 0.3) is 11.8 Å². The molecule has 3 aliphatic heterocycles. The van der Waals surface area contributed by atoms with Crippen molar-refractivity contribution in [2.45, 2.75) is 44.7 Å². The lowest BCUT2D eigenvalue weighted by Gasteiger charge is -2.33. The van der Waals surface area contributed by atoms with E-state index in [0.717, 1.165) is 30.0 Å². The van der Waals surface area contributed by atoms with Gasteiger partial charge in [0.15, 0.2) is 0 Å². The number of nitrogens with one attached hydrogen (secondary N) is 1. The van der Waals surface area contributed by atoms with Gasteiger partial charge in [-0.05, 0) is 57.0 Å². The normalized spacial score (nSPS) is 18.4. The topological polar surface area (TPSA) is 129 Å². The second-order valence-electron chi connectivity index (χ2n) is 11.0. The van der Waals surface area contributed by atoms with Crippen molar-refractivity contribution in [3.63, 3.8) is 0 Å². The van der Waals surface area contributed by atoms with E-state index in [1.807, 2.05) is 0 Å². The smallest absolute Gasteiger partial charge is 0.409 e. The van der Waals surface area contributed by atoms with Crippen molar-refractivity contribution in [2.75, 3.05) is 71.0 Å². The van der Waals surface area contributed by atoms with Crippen LogP contribution >= 0.6 is 11.3 Å². The highest BCUT2D eigenvalue weighted by Gasteiger charge is 2.33. The number of ether oxygens (including phenoxy) is 2. The zero-order valence-electron chi connectivity index (χ0n) is 24.8. The van der Waals surface area contributed by atoms with Crippen molar-refractivity contribution in [3.8, 4) is 0 Å². The molecule has 0 spiro atoms. The van der Waals surface area contributed by atoms with Gasteiger partial charge in [0.1, 0.15) is 5.00 Å². The maximum Gasteiger partial charge on any atom is 0.409 e. The van der Waals surface area contributed by atoms with E-state index in [1.165, 1.54) is 44.8 Å². The number of nitrogens with zero attached hydrogens (tertiary/aromatic N) is 4. The van der Waals surface area contributed by atoms with E-state index in [2.05, 4.69) is 24.1 Å². The van der Waals surface area contributed by atoms with Gasteiger partial charge in [-0.1, -0.05) is 0 Å². The fraction of sp³-hybridized carbons (Fsp3) is 0.552. The average molecular weight is 634 g/mol. The Labute approximate surface area is 256 Å². The Morgan fingerprint density at radius 2 is 1.65 bits per heavy atom. The van der Waals surface area contributed by atoms with Crippen molar-refractivity contribution in [2.24, 2.45) is 0 Å². The molecule has 3 aliphatic rings. The molecule has 2 fully saturated rings. The molecule has 1 N–H and O–H groups in total. The fourth-order valence-corrected chi connectivity index (χ4v) is 8.21. The predicted octanol–water partition coefficient (Wildman–Crippen LogP) is 2.70. The van der Waals surface area contributed by atoms with Gasteiger partial charge in [-0.15, -0.1) is 11.3 Å². The summed E-state index contributed by atoms with van der Waals surface area (Å²) in [6, 6.07) is 6.16. The van der Waals surface area contributed by atoms with Crippen LogP contribution in [0, 0.1) is 0 Å². The van der Waals surface area contributed by atoms with Crippen LogP contribution in [-0.4, -0.2) is 117 Å². The first kappa shape index (κ1) is 31.4. The molecule has 4 heterocycles. The van der Waals surface area contributed by atoms with Crippen LogP contribution in [0.25, 0.3) is 0 Å². The minimum absolute atomic E-state index is 0.0668. The SMILES string of the molecule is CCOC(=O)N1CCN(S(=O)(=O)c2ccc(C(=O)Nc3sc4c(c3C(=O)N3CCOCC3)CCN(C(C)C)C4)cc2)CC1. The van der Waals surface area contributed by atoms with Gasteiger partial charge in [-0.3, -0.25) is 14.5 Å².